The lowest BCUT2D eigenvalue weighted by Crippen LogP contribution is -1.81. The van der Waals surface area contributed by atoms with E-state index in [-0.39, 0.29) is 5.75 Å². The summed E-state index contributed by atoms with van der Waals surface area (Å²) in [6.07, 6.45) is 3.11. The molecule has 0 atom stereocenters. The van der Waals surface area contributed by atoms with Crippen molar-refractivity contribution < 1.29 is 5.11 Å². The van der Waals surface area contributed by atoms with Crippen LogP contribution in [0.1, 0.15) is 0 Å². The van der Waals surface area contributed by atoms with Crippen LogP contribution >= 0.6 is 0 Å². The lowest BCUT2D eigenvalue weighted by molar-refractivity contribution is 0.480. The van der Waals surface area contributed by atoms with Crippen LogP contribution in [0.3, 0.4) is 0 Å². The maximum Gasteiger partial charge on any atom is 0.143 e. The Bertz CT molecular complexity index is 381. The zero-order chi connectivity index (χ0) is 7.68. The van der Waals surface area contributed by atoms with Crippen LogP contribution in [0.4, 0.5) is 0 Å². The number of phenols is 1. The second-order valence-corrected chi connectivity index (χ2v) is 2.12. The van der Waals surface area contributed by atoms with Crippen LogP contribution in [0, 0.1) is 6.07 Å². The number of rotatable bonds is 0. The number of nitrogens with zero attached hydrogens (tertiary/aromatic N) is 2. The Morgan fingerprint density at radius 1 is 1.27 bits per heavy atom. The minimum atomic E-state index is 0.145. The van der Waals surface area contributed by atoms with E-state index < -0.39 is 0 Å². The SMILES string of the molecule is Oc1cc[c]c2nccnc12. The van der Waals surface area contributed by atoms with E-state index in [1.54, 1.807) is 12.3 Å². The predicted octanol–water partition coefficient (Wildman–Crippen LogP) is 1.14. The van der Waals surface area contributed by atoms with Crippen LogP contribution in [-0.2, 0) is 0 Å². The average Bonchev–Trinajstić information content (AvgIpc) is 2.06. The first-order valence-corrected chi connectivity index (χ1v) is 3.18. The number of hydrogen-bond donors (Lipinski definition) is 1. The van der Waals surface area contributed by atoms with Crippen molar-refractivity contribution in [2.24, 2.45) is 0 Å². The van der Waals surface area contributed by atoms with Gasteiger partial charge in [0.05, 0.1) is 0 Å². The smallest absolute Gasteiger partial charge is 0.143 e. The van der Waals surface area contributed by atoms with Crippen LogP contribution in [0.15, 0.2) is 24.5 Å². The molecule has 0 saturated heterocycles. The van der Waals surface area contributed by atoms with Gasteiger partial charge < -0.3 is 5.11 Å². The molecule has 1 heterocycles. The standard InChI is InChI=1S/C8H5N2O/c11-7-3-1-2-6-8(7)10-5-4-9-6/h1,3-5,11H. The quantitative estimate of drug-likeness (QED) is 0.604. The van der Waals surface area contributed by atoms with Crippen LogP contribution in [0.5, 0.6) is 5.75 Å². The Morgan fingerprint density at radius 3 is 2.91 bits per heavy atom. The van der Waals surface area contributed by atoms with Gasteiger partial charge in [-0.3, -0.25) is 4.98 Å². The highest BCUT2D eigenvalue weighted by atomic mass is 16.3. The average molecular weight is 145 g/mol. The van der Waals surface area contributed by atoms with E-state index >= 15 is 0 Å². The summed E-state index contributed by atoms with van der Waals surface area (Å²) in [5, 5.41) is 9.25. The summed E-state index contributed by atoms with van der Waals surface area (Å²) in [6.45, 7) is 0. The summed E-state index contributed by atoms with van der Waals surface area (Å²) in [5.74, 6) is 0.145. The molecular formula is C8H5N2O. The van der Waals surface area contributed by atoms with Gasteiger partial charge in [0.15, 0.2) is 0 Å². The topological polar surface area (TPSA) is 46.0 Å². The van der Waals surface area contributed by atoms with Crippen molar-refractivity contribution in [2.75, 3.05) is 0 Å². The molecule has 3 heteroatoms. The summed E-state index contributed by atoms with van der Waals surface area (Å²) in [7, 11) is 0. The normalized spacial score (nSPS) is 10.2. The molecule has 0 unspecified atom stereocenters. The summed E-state index contributed by atoms with van der Waals surface area (Å²) in [4.78, 5) is 7.90. The zero-order valence-corrected chi connectivity index (χ0v) is 5.65. The third-order valence-corrected chi connectivity index (χ3v) is 1.40. The zero-order valence-electron chi connectivity index (χ0n) is 5.65. The number of phenolic OH excluding ortho intramolecular Hbond substituents is 1. The molecule has 1 aromatic heterocycles. The van der Waals surface area contributed by atoms with Crippen LogP contribution in [0.2, 0.25) is 0 Å². The van der Waals surface area contributed by atoms with Gasteiger partial charge >= 0.3 is 0 Å². The molecule has 11 heavy (non-hydrogen) atoms. The molecule has 0 fully saturated rings. The summed E-state index contributed by atoms with van der Waals surface area (Å²) in [6, 6.07) is 6.01. The number of fused-ring (bicyclic) bond motifs is 1. The Kier molecular flexibility index (Phi) is 1.22. The Hall–Kier alpha value is -1.64. The second-order valence-electron chi connectivity index (χ2n) is 2.12. The number of hydrogen-bond acceptors (Lipinski definition) is 3. The molecule has 1 radical (unpaired) electrons. The van der Waals surface area contributed by atoms with Crippen LogP contribution < -0.4 is 0 Å². The molecule has 1 N–H and O–H groups in total. The molecule has 2 rings (SSSR count). The van der Waals surface area contributed by atoms with Crippen molar-refractivity contribution in [3.63, 3.8) is 0 Å². The van der Waals surface area contributed by atoms with Gasteiger partial charge in [0.25, 0.3) is 0 Å². The van der Waals surface area contributed by atoms with Crippen molar-refractivity contribution in [2.45, 2.75) is 0 Å². The fraction of sp³-hybridized carbons (Fsp3) is 0. The summed E-state index contributed by atoms with van der Waals surface area (Å²) < 4.78 is 0. The predicted molar refractivity (Wildman–Crippen MR) is 40.0 cm³/mol. The molecule has 2 aromatic rings. The highest BCUT2D eigenvalue weighted by molar-refractivity contribution is 5.79. The molecule has 0 aliphatic carbocycles. The maximum absolute atomic E-state index is 9.25. The second kappa shape index (κ2) is 2.20. The summed E-state index contributed by atoms with van der Waals surface area (Å²) >= 11 is 0. The van der Waals surface area contributed by atoms with E-state index in [0.29, 0.717) is 11.0 Å². The highest BCUT2D eigenvalue weighted by Gasteiger charge is 1.98. The monoisotopic (exact) mass is 145 g/mol. The van der Waals surface area contributed by atoms with Gasteiger partial charge in [-0.25, -0.2) is 4.98 Å². The third kappa shape index (κ3) is 0.902. The third-order valence-electron chi connectivity index (χ3n) is 1.40. The summed E-state index contributed by atoms with van der Waals surface area (Å²) in [5.41, 5.74) is 1.09. The molecular weight excluding hydrogens is 140 g/mol. The molecule has 0 spiro atoms. The number of aromatic nitrogens is 2. The van der Waals surface area contributed by atoms with Gasteiger partial charge in [0.2, 0.25) is 0 Å². The largest absolute Gasteiger partial charge is 0.506 e. The van der Waals surface area contributed by atoms with Crippen LogP contribution in [0.25, 0.3) is 11.0 Å². The van der Waals surface area contributed by atoms with E-state index in [9.17, 15) is 5.11 Å². The van der Waals surface area contributed by atoms with E-state index in [2.05, 4.69) is 16.0 Å². The molecule has 0 aliphatic heterocycles. The number of benzene rings is 1. The van der Waals surface area contributed by atoms with E-state index in [1.165, 1.54) is 12.3 Å². The lowest BCUT2D eigenvalue weighted by atomic mass is 10.3. The van der Waals surface area contributed by atoms with Crippen molar-refractivity contribution >= 4 is 11.0 Å². The first kappa shape index (κ1) is 6.09. The molecule has 0 aliphatic rings. The maximum atomic E-state index is 9.25. The van der Waals surface area contributed by atoms with Crippen LogP contribution in [-0.4, -0.2) is 15.1 Å². The Labute approximate surface area is 63.3 Å². The fourth-order valence-electron chi connectivity index (χ4n) is 0.910. The Balaban J connectivity index is 2.91. The molecule has 3 nitrogen and oxygen atoms in total. The molecule has 0 amide bonds. The van der Waals surface area contributed by atoms with Gasteiger partial charge in [-0.2, -0.15) is 0 Å². The first-order valence-electron chi connectivity index (χ1n) is 3.18. The van der Waals surface area contributed by atoms with E-state index in [1.807, 2.05) is 0 Å². The minimum Gasteiger partial charge on any atom is -0.506 e. The first-order chi connectivity index (χ1) is 5.38. The van der Waals surface area contributed by atoms with Gasteiger partial charge in [-0.05, 0) is 12.1 Å². The van der Waals surface area contributed by atoms with Gasteiger partial charge in [0.1, 0.15) is 16.8 Å². The molecule has 1 aromatic carbocycles. The van der Waals surface area contributed by atoms with Crippen molar-refractivity contribution in [1.29, 1.82) is 0 Å². The van der Waals surface area contributed by atoms with Crippen molar-refractivity contribution in [1.82, 2.24) is 9.97 Å². The Morgan fingerprint density at radius 2 is 2.09 bits per heavy atom. The highest BCUT2D eigenvalue weighted by Crippen LogP contribution is 2.18. The fourth-order valence-corrected chi connectivity index (χ4v) is 0.910. The van der Waals surface area contributed by atoms with E-state index in [4.69, 9.17) is 0 Å². The van der Waals surface area contributed by atoms with Crippen molar-refractivity contribution in [3.05, 3.63) is 30.6 Å². The lowest BCUT2D eigenvalue weighted by Gasteiger charge is -1.95. The molecule has 0 saturated carbocycles. The molecule has 0 bridgehead atoms. The van der Waals surface area contributed by atoms with Crippen molar-refractivity contribution in [3.8, 4) is 5.75 Å². The van der Waals surface area contributed by atoms with Gasteiger partial charge in [-0.1, -0.05) is 0 Å². The van der Waals surface area contributed by atoms with Gasteiger partial charge in [-0.15, -0.1) is 0 Å². The molecule has 53 valence electrons. The minimum absolute atomic E-state index is 0.145. The van der Waals surface area contributed by atoms with Gasteiger partial charge in [0, 0.05) is 18.5 Å². The van der Waals surface area contributed by atoms with E-state index in [0.717, 1.165) is 0 Å². The number of aromatic hydroxyl groups is 1.